The van der Waals surface area contributed by atoms with Gasteiger partial charge in [-0.2, -0.15) is 0 Å². The molecule has 114 valence electrons. The van der Waals surface area contributed by atoms with E-state index in [0.29, 0.717) is 13.1 Å². The van der Waals surface area contributed by atoms with Crippen LogP contribution in [0.25, 0.3) is 0 Å². The van der Waals surface area contributed by atoms with E-state index >= 15 is 0 Å². The van der Waals surface area contributed by atoms with Crippen molar-refractivity contribution in [3.63, 3.8) is 0 Å². The minimum absolute atomic E-state index is 0.0271. The van der Waals surface area contributed by atoms with Gasteiger partial charge in [0.05, 0.1) is 6.20 Å². The number of hydrogen-bond acceptors (Lipinski definition) is 3. The van der Waals surface area contributed by atoms with E-state index in [0.717, 1.165) is 19.0 Å². The summed E-state index contributed by atoms with van der Waals surface area (Å²) in [6.45, 7) is 3.07. The minimum atomic E-state index is -0.814. The van der Waals surface area contributed by atoms with Gasteiger partial charge in [-0.25, -0.2) is 9.37 Å². The predicted octanol–water partition coefficient (Wildman–Crippen LogP) is 2.18. The quantitative estimate of drug-likeness (QED) is 0.924. The van der Waals surface area contributed by atoms with Crippen molar-refractivity contribution in [2.24, 2.45) is 11.8 Å². The van der Waals surface area contributed by atoms with Crippen LogP contribution < -0.4 is 0 Å². The molecule has 5 nitrogen and oxygen atoms in total. The van der Waals surface area contributed by atoms with Crippen molar-refractivity contribution in [3.8, 4) is 0 Å². The number of amides is 1. The maximum Gasteiger partial charge on any atom is 0.303 e. The van der Waals surface area contributed by atoms with Gasteiger partial charge in [0.15, 0.2) is 0 Å². The van der Waals surface area contributed by atoms with E-state index in [9.17, 15) is 14.0 Å². The lowest BCUT2D eigenvalue weighted by atomic mass is 9.84. The Morgan fingerprint density at radius 2 is 2.29 bits per heavy atom. The maximum absolute atomic E-state index is 12.8. The number of halogens is 1. The zero-order valence-corrected chi connectivity index (χ0v) is 12.0. The van der Waals surface area contributed by atoms with Crippen LogP contribution in [0.15, 0.2) is 18.3 Å². The van der Waals surface area contributed by atoms with E-state index in [1.54, 1.807) is 4.90 Å². The van der Waals surface area contributed by atoms with Crippen molar-refractivity contribution in [2.45, 2.75) is 26.2 Å². The molecule has 1 aliphatic heterocycles. The second-order valence-electron chi connectivity index (χ2n) is 5.59. The first-order chi connectivity index (χ1) is 9.97. The first-order valence-electron chi connectivity index (χ1n) is 7.10. The first-order valence-corrected chi connectivity index (χ1v) is 7.10. The Kier molecular flexibility index (Phi) is 4.88. The standard InChI is InChI=1S/C15H19FN2O3/c1-10(7-14(19)20)11-3-2-6-18(9-11)15(21)13-5-4-12(16)8-17-13/h4-5,8,10-11H,2-3,6-7,9H2,1H3,(H,19,20). The van der Waals surface area contributed by atoms with Crippen molar-refractivity contribution in [3.05, 3.63) is 29.8 Å². The van der Waals surface area contributed by atoms with E-state index in [4.69, 9.17) is 5.11 Å². The summed E-state index contributed by atoms with van der Waals surface area (Å²) in [5.74, 6) is -1.30. The molecule has 0 radical (unpaired) electrons. The fourth-order valence-corrected chi connectivity index (χ4v) is 2.77. The number of carboxylic acids is 1. The molecular formula is C15H19FN2O3. The van der Waals surface area contributed by atoms with Crippen molar-refractivity contribution in [1.29, 1.82) is 0 Å². The number of aliphatic carboxylic acids is 1. The Bertz CT molecular complexity index is 518. The van der Waals surface area contributed by atoms with Gasteiger partial charge in [-0.15, -0.1) is 0 Å². The Hall–Kier alpha value is -1.98. The molecular weight excluding hydrogens is 275 g/mol. The highest BCUT2D eigenvalue weighted by Gasteiger charge is 2.29. The molecule has 1 saturated heterocycles. The molecule has 1 aromatic rings. The van der Waals surface area contributed by atoms with Crippen molar-refractivity contribution >= 4 is 11.9 Å². The summed E-state index contributed by atoms with van der Waals surface area (Å²) in [7, 11) is 0. The van der Waals surface area contributed by atoms with Crippen LogP contribution in [-0.2, 0) is 4.79 Å². The number of nitrogens with zero attached hydrogens (tertiary/aromatic N) is 2. The second-order valence-corrected chi connectivity index (χ2v) is 5.59. The third kappa shape index (κ3) is 4.00. The summed E-state index contributed by atoms with van der Waals surface area (Å²) in [6.07, 6.45) is 2.92. The molecule has 0 bridgehead atoms. The van der Waals surface area contributed by atoms with Crippen LogP contribution in [0.3, 0.4) is 0 Å². The van der Waals surface area contributed by atoms with E-state index in [1.165, 1.54) is 12.1 Å². The molecule has 2 heterocycles. The Morgan fingerprint density at radius 3 is 2.90 bits per heavy atom. The number of rotatable bonds is 4. The van der Waals surface area contributed by atoms with Gasteiger partial charge in [-0.1, -0.05) is 6.92 Å². The number of piperidine rings is 1. The highest BCUT2D eigenvalue weighted by atomic mass is 19.1. The zero-order chi connectivity index (χ0) is 15.4. The normalized spacial score (nSPS) is 20.1. The smallest absolute Gasteiger partial charge is 0.303 e. The molecule has 1 aromatic heterocycles. The summed E-state index contributed by atoms with van der Waals surface area (Å²) in [5, 5.41) is 8.87. The third-order valence-corrected chi connectivity index (χ3v) is 3.99. The van der Waals surface area contributed by atoms with Crippen LogP contribution in [-0.4, -0.2) is 40.0 Å². The van der Waals surface area contributed by atoms with Crippen molar-refractivity contribution in [2.75, 3.05) is 13.1 Å². The monoisotopic (exact) mass is 294 g/mol. The number of carbonyl (C=O) groups is 2. The number of carboxylic acid groups (broad SMARTS) is 1. The van der Waals surface area contributed by atoms with Gasteiger partial charge in [-0.3, -0.25) is 9.59 Å². The Morgan fingerprint density at radius 1 is 1.52 bits per heavy atom. The fraction of sp³-hybridized carbons (Fsp3) is 0.533. The SMILES string of the molecule is CC(CC(=O)O)C1CCCN(C(=O)c2ccc(F)cn2)C1. The molecule has 0 aromatic carbocycles. The highest BCUT2D eigenvalue weighted by Crippen LogP contribution is 2.26. The Balaban J connectivity index is 2.01. The highest BCUT2D eigenvalue weighted by molar-refractivity contribution is 5.92. The predicted molar refractivity (Wildman–Crippen MR) is 74.2 cm³/mol. The molecule has 0 aliphatic carbocycles. The molecule has 1 amide bonds. The molecule has 1 fully saturated rings. The lowest BCUT2D eigenvalue weighted by Crippen LogP contribution is -2.42. The fourth-order valence-electron chi connectivity index (χ4n) is 2.77. The first kappa shape index (κ1) is 15.4. The number of hydrogen-bond donors (Lipinski definition) is 1. The van der Waals surface area contributed by atoms with Gasteiger partial charge in [-0.05, 0) is 36.8 Å². The van der Waals surface area contributed by atoms with Gasteiger partial charge >= 0.3 is 5.97 Å². The third-order valence-electron chi connectivity index (χ3n) is 3.99. The van der Waals surface area contributed by atoms with E-state index in [2.05, 4.69) is 4.98 Å². The molecule has 2 atom stereocenters. The summed E-state index contributed by atoms with van der Waals surface area (Å²) < 4.78 is 12.8. The van der Waals surface area contributed by atoms with Crippen LogP contribution in [0.5, 0.6) is 0 Å². The van der Waals surface area contributed by atoms with Gasteiger partial charge in [0, 0.05) is 19.5 Å². The lowest BCUT2D eigenvalue weighted by Gasteiger charge is -2.35. The van der Waals surface area contributed by atoms with E-state index in [1.807, 2.05) is 6.92 Å². The molecule has 6 heteroatoms. The van der Waals surface area contributed by atoms with Crippen LogP contribution in [0.2, 0.25) is 0 Å². The Labute approximate surface area is 122 Å². The van der Waals surface area contributed by atoms with Crippen LogP contribution >= 0.6 is 0 Å². The van der Waals surface area contributed by atoms with Crippen LogP contribution in [0, 0.1) is 17.7 Å². The van der Waals surface area contributed by atoms with Gasteiger partial charge in [0.25, 0.3) is 5.91 Å². The van der Waals surface area contributed by atoms with Gasteiger partial charge in [0.1, 0.15) is 11.5 Å². The summed E-state index contributed by atoms with van der Waals surface area (Å²) in [6, 6.07) is 2.59. The molecule has 2 unspecified atom stereocenters. The van der Waals surface area contributed by atoms with Gasteiger partial charge in [0.2, 0.25) is 0 Å². The maximum atomic E-state index is 12.8. The average Bonchev–Trinajstić information content (AvgIpc) is 2.47. The summed E-state index contributed by atoms with van der Waals surface area (Å²) in [4.78, 5) is 28.6. The van der Waals surface area contributed by atoms with Crippen LogP contribution in [0.1, 0.15) is 36.7 Å². The molecule has 1 N–H and O–H groups in total. The molecule has 0 spiro atoms. The van der Waals surface area contributed by atoms with E-state index in [-0.39, 0.29) is 29.9 Å². The average molecular weight is 294 g/mol. The minimum Gasteiger partial charge on any atom is -0.481 e. The molecule has 1 aliphatic rings. The molecule has 2 rings (SSSR count). The number of aromatic nitrogens is 1. The summed E-state index contributed by atoms with van der Waals surface area (Å²) in [5.41, 5.74) is 0.225. The van der Waals surface area contributed by atoms with E-state index < -0.39 is 11.8 Å². The summed E-state index contributed by atoms with van der Waals surface area (Å²) >= 11 is 0. The van der Waals surface area contributed by atoms with Crippen LogP contribution in [0.4, 0.5) is 4.39 Å². The number of likely N-dealkylation sites (tertiary alicyclic amines) is 1. The number of pyridine rings is 1. The lowest BCUT2D eigenvalue weighted by molar-refractivity contribution is -0.138. The number of carbonyl (C=O) groups excluding carboxylic acids is 1. The van der Waals surface area contributed by atoms with Crippen molar-refractivity contribution in [1.82, 2.24) is 9.88 Å². The molecule has 0 saturated carbocycles. The van der Waals surface area contributed by atoms with Crippen molar-refractivity contribution < 1.29 is 19.1 Å². The second kappa shape index (κ2) is 6.65. The topological polar surface area (TPSA) is 70.5 Å². The largest absolute Gasteiger partial charge is 0.481 e. The molecule has 21 heavy (non-hydrogen) atoms. The zero-order valence-electron chi connectivity index (χ0n) is 12.0. The van der Waals surface area contributed by atoms with Gasteiger partial charge < -0.3 is 10.0 Å².